The molecule has 4 rings (SSSR count). The smallest absolute Gasteiger partial charge is 0.264 e. The molecule has 1 N–H and O–H groups in total. The van der Waals surface area contributed by atoms with Gasteiger partial charge in [-0.2, -0.15) is 0 Å². The van der Waals surface area contributed by atoms with Gasteiger partial charge in [-0.05, 0) is 49.9 Å². The van der Waals surface area contributed by atoms with E-state index in [4.69, 9.17) is 0 Å². The molecule has 1 amide bonds. The largest absolute Gasteiger partial charge is 0.356 e. The summed E-state index contributed by atoms with van der Waals surface area (Å²) in [5.74, 6) is 0.0434. The van der Waals surface area contributed by atoms with Crippen LogP contribution < -0.4 is 9.62 Å². The fourth-order valence-electron chi connectivity index (χ4n) is 4.00. The van der Waals surface area contributed by atoms with E-state index in [1.54, 1.807) is 12.1 Å². The molecular weight excluding hydrogens is 348 g/mol. The number of carbonyl (C=O) groups excluding carboxylic acids is 1. The van der Waals surface area contributed by atoms with Crippen molar-refractivity contribution >= 4 is 21.6 Å². The van der Waals surface area contributed by atoms with E-state index in [1.807, 2.05) is 43.3 Å². The first kappa shape index (κ1) is 17.1. The van der Waals surface area contributed by atoms with Gasteiger partial charge in [0.25, 0.3) is 10.0 Å². The number of fused-ring (bicyclic) bond motifs is 1. The van der Waals surface area contributed by atoms with Crippen molar-refractivity contribution in [3.63, 3.8) is 0 Å². The minimum atomic E-state index is -3.68. The van der Waals surface area contributed by atoms with Crippen molar-refractivity contribution < 1.29 is 13.2 Å². The highest BCUT2D eigenvalue weighted by molar-refractivity contribution is 7.92. The Kier molecular flexibility index (Phi) is 4.03. The Hall–Kier alpha value is -2.34. The number of sulfonamides is 1. The van der Waals surface area contributed by atoms with E-state index in [1.165, 1.54) is 4.31 Å². The van der Waals surface area contributed by atoms with Crippen LogP contribution in [0.15, 0.2) is 53.4 Å². The molecular formula is C20H22N2O3S. The lowest BCUT2D eigenvalue weighted by atomic mass is 9.78. The van der Waals surface area contributed by atoms with Crippen molar-refractivity contribution in [1.82, 2.24) is 5.32 Å². The Bertz CT molecular complexity index is 953. The van der Waals surface area contributed by atoms with Gasteiger partial charge in [0.1, 0.15) is 0 Å². The average Bonchev–Trinajstić information content (AvgIpc) is 2.87. The topological polar surface area (TPSA) is 66.5 Å². The van der Waals surface area contributed by atoms with Gasteiger partial charge in [-0.25, -0.2) is 8.42 Å². The van der Waals surface area contributed by atoms with Crippen LogP contribution in [0.4, 0.5) is 5.69 Å². The quantitative estimate of drug-likeness (QED) is 0.884. The number of carbonyl (C=O) groups is 1. The first-order valence-electron chi connectivity index (χ1n) is 8.88. The zero-order chi connectivity index (χ0) is 18.4. The van der Waals surface area contributed by atoms with Gasteiger partial charge in [0.15, 0.2) is 0 Å². The van der Waals surface area contributed by atoms with E-state index >= 15 is 0 Å². The second kappa shape index (κ2) is 6.13. The maximum absolute atomic E-state index is 13.3. The Labute approximate surface area is 154 Å². The Morgan fingerprint density at radius 2 is 1.77 bits per heavy atom. The third-order valence-corrected chi connectivity index (χ3v) is 7.39. The molecule has 0 aromatic heterocycles. The number of rotatable bonds is 2. The van der Waals surface area contributed by atoms with Crippen LogP contribution >= 0.6 is 0 Å². The predicted molar refractivity (Wildman–Crippen MR) is 101 cm³/mol. The number of hydrogen-bond acceptors (Lipinski definition) is 3. The summed E-state index contributed by atoms with van der Waals surface area (Å²) in [4.78, 5) is 12.8. The van der Waals surface area contributed by atoms with E-state index < -0.39 is 15.4 Å². The molecule has 1 spiro atoms. The summed E-state index contributed by atoms with van der Waals surface area (Å²) in [5.41, 5.74) is 2.11. The van der Waals surface area contributed by atoms with Gasteiger partial charge >= 0.3 is 0 Å². The first-order chi connectivity index (χ1) is 12.4. The highest BCUT2D eigenvalue weighted by atomic mass is 32.2. The molecule has 136 valence electrons. The van der Waals surface area contributed by atoms with E-state index in [-0.39, 0.29) is 10.8 Å². The van der Waals surface area contributed by atoms with Crippen molar-refractivity contribution in [2.75, 3.05) is 17.4 Å². The van der Waals surface area contributed by atoms with Crippen LogP contribution in [0.2, 0.25) is 0 Å². The van der Waals surface area contributed by atoms with Crippen LogP contribution in [0.5, 0.6) is 0 Å². The van der Waals surface area contributed by atoms with Gasteiger partial charge in [-0.3, -0.25) is 9.10 Å². The zero-order valence-corrected chi connectivity index (χ0v) is 15.6. The van der Waals surface area contributed by atoms with E-state index in [9.17, 15) is 13.2 Å². The lowest BCUT2D eigenvalue weighted by Gasteiger charge is -2.26. The number of para-hydroxylation sites is 1. The van der Waals surface area contributed by atoms with Gasteiger partial charge in [0.2, 0.25) is 5.91 Å². The molecule has 1 saturated heterocycles. The molecule has 1 fully saturated rings. The summed E-state index contributed by atoms with van der Waals surface area (Å²) >= 11 is 0. The monoisotopic (exact) mass is 370 g/mol. The molecule has 2 aliphatic heterocycles. The van der Waals surface area contributed by atoms with Crippen LogP contribution in [0.1, 0.15) is 24.0 Å². The molecule has 2 aromatic carbocycles. The normalized spacial score (nSPS) is 22.8. The van der Waals surface area contributed by atoms with Gasteiger partial charge in [0, 0.05) is 13.1 Å². The molecule has 5 nitrogen and oxygen atoms in total. The first-order valence-corrected chi connectivity index (χ1v) is 10.3. The minimum Gasteiger partial charge on any atom is -0.356 e. The molecule has 1 unspecified atom stereocenters. The number of anilines is 1. The van der Waals surface area contributed by atoms with Gasteiger partial charge in [-0.1, -0.05) is 35.9 Å². The van der Waals surface area contributed by atoms with Crippen molar-refractivity contribution in [2.45, 2.75) is 31.1 Å². The van der Waals surface area contributed by atoms with Crippen LogP contribution in [-0.4, -0.2) is 27.4 Å². The number of amides is 1. The summed E-state index contributed by atoms with van der Waals surface area (Å²) < 4.78 is 28.1. The molecule has 2 aliphatic rings. The molecule has 2 heterocycles. The molecule has 0 radical (unpaired) electrons. The summed E-state index contributed by atoms with van der Waals surface area (Å²) in [7, 11) is -3.68. The maximum Gasteiger partial charge on any atom is 0.264 e. The Morgan fingerprint density at radius 1 is 1.04 bits per heavy atom. The second-order valence-corrected chi connectivity index (χ2v) is 9.09. The number of nitrogens with one attached hydrogen (secondary N) is 1. The van der Waals surface area contributed by atoms with Gasteiger partial charge in [-0.15, -0.1) is 0 Å². The number of benzene rings is 2. The third-order valence-electron chi connectivity index (χ3n) is 5.56. The summed E-state index contributed by atoms with van der Waals surface area (Å²) in [5, 5.41) is 2.92. The number of aryl methyl sites for hydroxylation is 1. The highest BCUT2D eigenvalue weighted by Crippen LogP contribution is 2.42. The molecule has 0 aliphatic carbocycles. The fourth-order valence-corrected chi connectivity index (χ4v) is 5.51. The number of nitrogens with zero attached hydrogens (tertiary/aromatic N) is 1. The average molecular weight is 370 g/mol. The summed E-state index contributed by atoms with van der Waals surface area (Å²) in [6.45, 7) is 2.90. The maximum atomic E-state index is 13.3. The summed E-state index contributed by atoms with van der Waals surface area (Å²) in [6, 6.07) is 14.4. The van der Waals surface area contributed by atoms with Crippen molar-refractivity contribution in [1.29, 1.82) is 0 Å². The van der Waals surface area contributed by atoms with E-state index in [0.717, 1.165) is 17.5 Å². The van der Waals surface area contributed by atoms with E-state index in [0.29, 0.717) is 31.6 Å². The molecule has 6 heteroatoms. The second-order valence-electron chi connectivity index (χ2n) is 7.23. The van der Waals surface area contributed by atoms with Gasteiger partial charge in [0.05, 0.1) is 16.0 Å². The van der Waals surface area contributed by atoms with Crippen LogP contribution in [0, 0.1) is 12.3 Å². The minimum absolute atomic E-state index is 0.0434. The highest BCUT2D eigenvalue weighted by Gasteiger charge is 2.45. The Balaban J connectivity index is 1.80. The SMILES string of the molecule is Cc1ccc(S(=O)(=O)N2CCC3(CCNC3=O)Cc3ccccc32)cc1. The van der Waals surface area contributed by atoms with Crippen LogP contribution in [0.3, 0.4) is 0 Å². The van der Waals surface area contributed by atoms with E-state index in [2.05, 4.69) is 5.32 Å². The molecule has 26 heavy (non-hydrogen) atoms. The Morgan fingerprint density at radius 3 is 2.46 bits per heavy atom. The van der Waals surface area contributed by atoms with Gasteiger partial charge < -0.3 is 5.32 Å². The lowest BCUT2D eigenvalue weighted by molar-refractivity contribution is -0.127. The predicted octanol–water partition coefficient (Wildman–Crippen LogP) is 2.64. The molecule has 2 aromatic rings. The lowest BCUT2D eigenvalue weighted by Crippen LogP contribution is -2.36. The standard InChI is InChI=1S/C20H22N2O3S/c1-15-6-8-17(9-7-15)26(24,25)22-13-11-20(10-12-21-19(20)23)14-16-4-2-3-5-18(16)22/h2-9H,10-14H2,1H3,(H,21,23). The third kappa shape index (κ3) is 2.69. The zero-order valence-electron chi connectivity index (χ0n) is 14.7. The summed E-state index contributed by atoms with van der Waals surface area (Å²) in [6.07, 6.45) is 1.85. The fraction of sp³-hybridized carbons (Fsp3) is 0.350. The molecule has 1 atom stereocenters. The van der Waals surface area contributed by atoms with Crippen molar-refractivity contribution in [3.8, 4) is 0 Å². The number of hydrogen-bond donors (Lipinski definition) is 1. The van der Waals surface area contributed by atoms with Crippen LogP contribution in [-0.2, 0) is 21.2 Å². The van der Waals surface area contributed by atoms with Crippen molar-refractivity contribution in [3.05, 3.63) is 59.7 Å². The van der Waals surface area contributed by atoms with Crippen molar-refractivity contribution in [2.24, 2.45) is 5.41 Å². The molecule has 0 bridgehead atoms. The molecule has 0 saturated carbocycles. The van der Waals surface area contributed by atoms with Crippen LogP contribution in [0.25, 0.3) is 0 Å².